The quantitative estimate of drug-likeness (QED) is 0.881. The number of rotatable bonds is 3. The molecule has 0 unspecified atom stereocenters. The predicted octanol–water partition coefficient (Wildman–Crippen LogP) is 2.96. The highest BCUT2D eigenvalue weighted by Crippen LogP contribution is 2.31. The summed E-state index contributed by atoms with van der Waals surface area (Å²) in [5.41, 5.74) is 8.24. The predicted molar refractivity (Wildman–Crippen MR) is 66.3 cm³/mol. The van der Waals surface area contributed by atoms with Crippen LogP contribution in [0.4, 0.5) is 4.39 Å². The minimum atomic E-state index is -0.261. The third-order valence-corrected chi connectivity index (χ3v) is 2.64. The summed E-state index contributed by atoms with van der Waals surface area (Å²) in [6, 6.07) is 12.1. The number of halogens is 1. The van der Waals surface area contributed by atoms with Crippen molar-refractivity contribution in [2.75, 3.05) is 7.11 Å². The molecule has 0 aliphatic carbocycles. The molecule has 0 radical (unpaired) electrons. The summed E-state index contributed by atoms with van der Waals surface area (Å²) in [6.07, 6.45) is 0. The van der Waals surface area contributed by atoms with Gasteiger partial charge in [-0.15, -0.1) is 0 Å². The van der Waals surface area contributed by atoms with Crippen LogP contribution in [0.15, 0.2) is 42.5 Å². The van der Waals surface area contributed by atoms with Gasteiger partial charge < -0.3 is 10.5 Å². The van der Waals surface area contributed by atoms with Gasteiger partial charge in [0.2, 0.25) is 0 Å². The molecule has 2 aromatic carbocycles. The lowest BCUT2D eigenvalue weighted by Gasteiger charge is -2.10. The van der Waals surface area contributed by atoms with Crippen LogP contribution in [0.2, 0.25) is 0 Å². The lowest BCUT2D eigenvalue weighted by Crippen LogP contribution is -1.97. The molecule has 0 bridgehead atoms. The van der Waals surface area contributed by atoms with Crippen molar-refractivity contribution in [3.63, 3.8) is 0 Å². The standard InChI is InChI=1S/C14H14FNO/c1-17-14-6-5-10(9-16)7-13(14)11-3-2-4-12(15)8-11/h2-8H,9,16H2,1H3. The highest BCUT2D eigenvalue weighted by atomic mass is 19.1. The Morgan fingerprint density at radius 2 is 2.00 bits per heavy atom. The van der Waals surface area contributed by atoms with E-state index in [0.717, 1.165) is 16.7 Å². The smallest absolute Gasteiger partial charge is 0.126 e. The molecule has 17 heavy (non-hydrogen) atoms. The SMILES string of the molecule is COc1ccc(CN)cc1-c1cccc(F)c1. The maximum absolute atomic E-state index is 13.2. The van der Waals surface area contributed by atoms with E-state index in [1.54, 1.807) is 13.2 Å². The van der Waals surface area contributed by atoms with Gasteiger partial charge >= 0.3 is 0 Å². The van der Waals surface area contributed by atoms with Crippen LogP contribution in [-0.4, -0.2) is 7.11 Å². The van der Waals surface area contributed by atoms with Crippen molar-refractivity contribution in [1.82, 2.24) is 0 Å². The molecule has 0 aliphatic heterocycles. The Labute approximate surface area is 99.8 Å². The number of hydrogen-bond donors (Lipinski definition) is 1. The molecule has 0 amide bonds. The third-order valence-electron chi connectivity index (χ3n) is 2.64. The summed E-state index contributed by atoms with van der Waals surface area (Å²) in [4.78, 5) is 0. The van der Waals surface area contributed by atoms with E-state index >= 15 is 0 Å². The Morgan fingerprint density at radius 1 is 1.18 bits per heavy atom. The lowest BCUT2D eigenvalue weighted by molar-refractivity contribution is 0.416. The van der Waals surface area contributed by atoms with Gasteiger partial charge in [0.15, 0.2) is 0 Å². The zero-order valence-electron chi connectivity index (χ0n) is 9.61. The summed E-state index contributed by atoms with van der Waals surface area (Å²) in [6.45, 7) is 0.451. The van der Waals surface area contributed by atoms with Crippen molar-refractivity contribution in [3.8, 4) is 16.9 Å². The van der Waals surface area contributed by atoms with Crippen molar-refractivity contribution in [1.29, 1.82) is 0 Å². The second kappa shape index (κ2) is 4.97. The first-order chi connectivity index (χ1) is 8.24. The maximum Gasteiger partial charge on any atom is 0.126 e. The average molecular weight is 231 g/mol. The minimum absolute atomic E-state index is 0.261. The van der Waals surface area contributed by atoms with Crippen LogP contribution in [0, 0.1) is 5.82 Å². The molecular formula is C14H14FNO. The minimum Gasteiger partial charge on any atom is -0.496 e. The van der Waals surface area contributed by atoms with Gasteiger partial charge in [0.05, 0.1) is 7.11 Å². The zero-order valence-corrected chi connectivity index (χ0v) is 9.61. The van der Waals surface area contributed by atoms with E-state index in [1.807, 2.05) is 24.3 Å². The molecule has 0 fully saturated rings. The van der Waals surface area contributed by atoms with Crippen LogP contribution < -0.4 is 10.5 Å². The highest BCUT2D eigenvalue weighted by Gasteiger charge is 2.07. The second-order valence-electron chi connectivity index (χ2n) is 3.75. The molecule has 88 valence electrons. The fourth-order valence-corrected chi connectivity index (χ4v) is 1.76. The van der Waals surface area contributed by atoms with Crippen LogP contribution in [0.5, 0.6) is 5.75 Å². The molecule has 2 nitrogen and oxygen atoms in total. The van der Waals surface area contributed by atoms with Gasteiger partial charge in [-0.1, -0.05) is 18.2 Å². The molecular weight excluding hydrogens is 217 g/mol. The van der Waals surface area contributed by atoms with Crippen LogP contribution in [0.25, 0.3) is 11.1 Å². The number of methoxy groups -OCH3 is 1. The normalized spacial score (nSPS) is 10.3. The largest absolute Gasteiger partial charge is 0.496 e. The Morgan fingerprint density at radius 3 is 2.65 bits per heavy atom. The fourth-order valence-electron chi connectivity index (χ4n) is 1.76. The number of nitrogens with two attached hydrogens (primary N) is 1. The van der Waals surface area contributed by atoms with E-state index in [9.17, 15) is 4.39 Å². The van der Waals surface area contributed by atoms with Crippen LogP contribution in [0.1, 0.15) is 5.56 Å². The Balaban J connectivity index is 2.56. The van der Waals surface area contributed by atoms with Gasteiger partial charge in [-0.25, -0.2) is 4.39 Å². The van der Waals surface area contributed by atoms with Crippen LogP contribution >= 0.6 is 0 Å². The van der Waals surface area contributed by atoms with E-state index in [-0.39, 0.29) is 5.82 Å². The van der Waals surface area contributed by atoms with Crippen LogP contribution in [-0.2, 0) is 6.54 Å². The summed E-state index contributed by atoms with van der Waals surface area (Å²) in [5.74, 6) is 0.454. The average Bonchev–Trinajstić information content (AvgIpc) is 2.38. The highest BCUT2D eigenvalue weighted by molar-refractivity contribution is 5.71. The first kappa shape index (κ1) is 11.6. The van der Waals surface area contributed by atoms with Gasteiger partial charge in [0.1, 0.15) is 11.6 Å². The fraction of sp³-hybridized carbons (Fsp3) is 0.143. The Hall–Kier alpha value is -1.87. The van der Waals surface area contributed by atoms with Crippen molar-refractivity contribution in [3.05, 3.63) is 53.8 Å². The summed E-state index contributed by atoms with van der Waals surface area (Å²) >= 11 is 0. The molecule has 0 atom stereocenters. The summed E-state index contributed by atoms with van der Waals surface area (Å²) in [7, 11) is 1.60. The number of ether oxygens (including phenoxy) is 1. The topological polar surface area (TPSA) is 35.2 Å². The molecule has 0 aromatic heterocycles. The molecule has 0 spiro atoms. The molecule has 2 N–H and O–H groups in total. The van der Waals surface area contributed by atoms with Gasteiger partial charge in [-0.3, -0.25) is 0 Å². The molecule has 0 saturated heterocycles. The number of benzene rings is 2. The first-order valence-corrected chi connectivity index (χ1v) is 5.37. The molecule has 2 aromatic rings. The maximum atomic E-state index is 13.2. The molecule has 0 aliphatic rings. The van der Waals surface area contributed by atoms with E-state index in [4.69, 9.17) is 10.5 Å². The Kier molecular flexibility index (Phi) is 3.40. The van der Waals surface area contributed by atoms with Gasteiger partial charge in [-0.2, -0.15) is 0 Å². The molecule has 0 heterocycles. The van der Waals surface area contributed by atoms with Crippen molar-refractivity contribution < 1.29 is 9.13 Å². The van der Waals surface area contributed by atoms with E-state index < -0.39 is 0 Å². The summed E-state index contributed by atoms with van der Waals surface area (Å²) in [5, 5.41) is 0. The van der Waals surface area contributed by atoms with Gasteiger partial charge in [0, 0.05) is 12.1 Å². The Bertz CT molecular complexity index is 525. The summed E-state index contributed by atoms with van der Waals surface area (Å²) < 4.78 is 18.5. The second-order valence-corrected chi connectivity index (χ2v) is 3.75. The van der Waals surface area contributed by atoms with Crippen LogP contribution in [0.3, 0.4) is 0 Å². The van der Waals surface area contributed by atoms with Crippen molar-refractivity contribution >= 4 is 0 Å². The number of hydrogen-bond acceptors (Lipinski definition) is 2. The van der Waals surface area contributed by atoms with E-state index in [1.165, 1.54) is 12.1 Å². The lowest BCUT2D eigenvalue weighted by atomic mass is 10.0. The molecule has 3 heteroatoms. The zero-order chi connectivity index (χ0) is 12.3. The first-order valence-electron chi connectivity index (χ1n) is 5.37. The van der Waals surface area contributed by atoms with Crippen molar-refractivity contribution in [2.45, 2.75) is 6.54 Å². The molecule has 2 rings (SSSR count). The van der Waals surface area contributed by atoms with E-state index in [0.29, 0.717) is 12.3 Å². The van der Waals surface area contributed by atoms with Crippen molar-refractivity contribution in [2.24, 2.45) is 5.73 Å². The third kappa shape index (κ3) is 2.45. The van der Waals surface area contributed by atoms with Gasteiger partial charge in [0.25, 0.3) is 0 Å². The van der Waals surface area contributed by atoms with Gasteiger partial charge in [-0.05, 0) is 35.4 Å². The monoisotopic (exact) mass is 231 g/mol. The molecule has 0 saturated carbocycles. The van der Waals surface area contributed by atoms with E-state index in [2.05, 4.69) is 0 Å².